The molecular weight excluding hydrogens is 247 g/mol. The zero-order chi connectivity index (χ0) is 11.5. The van der Waals surface area contributed by atoms with Crippen molar-refractivity contribution in [3.8, 4) is 5.75 Å². The van der Waals surface area contributed by atoms with Gasteiger partial charge in [-0.05, 0) is 17.7 Å². The van der Waals surface area contributed by atoms with Crippen molar-refractivity contribution in [2.75, 3.05) is 6.61 Å². The van der Waals surface area contributed by atoms with Crippen molar-refractivity contribution in [3.05, 3.63) is 29.8 Å². The number of hydrogen-bond acceptors (Lipinski definition) is 3. The second kappa shape index (κ2) is 5.93. The van der Waals surface area contributed by atoms with Gasteiger partial charge in [-0.2, -0.15) is 0 Å². The Kier molecular flexibility index (Phi) is 5.57. The SMILES string of the molecule is Cl.N[C@@H](CO)c1ccc(OC(F)(F)F)cc1. The molecule has 0 bridgehead atoms. The molecule has 0 unspecified atom stereocenters. The molecule has 1 atom stereocenters. The highest BCUT2D eigenvalue weighted by molar-refractivity contribution is 5.85. The minimum atomic E-state index is -4.69. The molecule has 0 saturated heterocycles. The highest BCUT2D eigenvalue weighted by atomic mass is 35.5. The Bertz CT molecular complexity index is 316. The average Bonchev–Trinajstić information content (AvgIpc) is 2.15. The fourth-order valence-corrected chi connectivity index (χ4v) is 1.02. The third kappa shape index (κ3) is 4.69. The fraction of sp³-hybridized carbons (Fsp3) is 0.333. The summed E-state index contributed by atoms with van der Waals surface area (Å²) in [6.45, 7) is -0.264. The lowest BCUT2D eigenvalue weighted by molar-refractivity contribution is -0.274. The normalized spacial score (nSPS) is 12.8. The predicted octanol–water partition coefficient (Wildman–Crippen LogP) is 2.00. The van der Waals surface area contributed by atoms with Crippen LogP contribution in [0, 0.1) is 0 Å². The van der Waals surface area contributed by atoms with Gasteiger partial charge in [-0.25, -0.2) is 0 Å². The molecule has 0 radical (unpaired) electrons. The molecule has 7 heteroatoms. The van der Waals surface area contributed by atoms with E-state index in [1.54, 1.807) is 0 Å². The first-order valence-corrected chi connectivity index (χ1v) is 4.14. The van der Waals surface area contributed by atoms with E-state index in [0.29, 0.717) is 5.56 Å². The molecule has 16 heavy (non-hydrogen) atoms. The summed E-state index contributed by atoms with van der Waals surface area (Å²) in [4.78, 5) is 0. The molecule has 0 fully saturated rings. The van der Waals surface area contributed by atoms with E-state index in [4.69, 9.17) is 10.8 Å². The Morgan fingerprint density at radius 3 is 2.12 bits per heavy atom. The van der Waals surface area contributed by atoms with Crippen LogP contribution in [0.1, 0.15) is 11.6 Å². The number of aliphatic hydroxyl groups excluding tert-OH is 1. The van der Waals surface area contributed by atoms with Crippen LogP contribution in [0.4, 0.5) is 13.2 Å². The summed E-state index contributed by atoms with van der Waals surface area (Å²) in [5.74, 6) is -0.309. The quantitative estimate of drug-likeness (QED) is 0.871. The Hall–Kier alpha value is -0.980. The fourth-order valence-electron chi connectivity index (χ4n) is 1.02. The maximum Gasteiger partial charge on any atom is 0.573 e. The van der Waals surface area contributed by atoms with Gasteiger partial charge in [-0.15, -0.1) is 25.6 Å². The van der Waals surface area contributed by atoms with E-state index < -0.39 is 12.4 Å². The largest absolute Gasteiger partial charge is 0.573 e. The van der Waals surface area contributed by atoms with Crippen LogP contribution in [0.5, 0.6) is 5.75 Å². The molecule has 0 spiro atoms. The van der Waals surface area contributed by atoms with Crippen LogP contribution in [0.2, 0.25) is 0 Å². The first kappa shape index (κ1) is 15.0. The standard InChI is InChI=1S/C9H10F3NO2.ClH/c10-9(11,12)15-7-3-1-6(2-4-7)8(13)5-14;/h1-4,8,14H,5,13H2;1H/t8-;/m0./s1. The number of alkyl halides is 3. The van der Waals surface area contributed by atoms with Crippen LogP contribution in [0.25, 0.3) is 0 Å². The maximum atomic E-state index is 11.8. The molecule has 0 amide bonds. The van der Waals surface area contributed by atoms with Gasteiger partial charge in [-0.1, -0.05) is 12.1 Å². The molecule has 0 aliphatic heterocycles. The van der Waals surface area contributed by atoms with E-state index in [9.17, 15) is 13.2 Å². The molecule has 0 aromatic heterocycles. The van der Waals surface area contributed by atoms with E-state index >= 15 is 0 Å². The molecule has 0 aliphatic rings. The van der Waals surface area contributed by atoms with Gasteiger partial charge in [0, 0.05) is 0 Å². The molecule has 0 heterocycles. The lowest BCUT2D eigenvalue weighted by atomic mass is 10.1. The number of ether oxygens (including phenoxy) is 1. The minimum absolute atomic E-state index is 0. The summed E-state index contributed by atoms with van der Waals surface area (Å²) in [7, 11) is 0. The summed E-state index contributed by atoms with van der Waals surface area (Å²) in [6.07, 6.45) is -4.69. The van der Waals surface area contributed by atoms with Gasteiger partial charge in [0.2, 0.25) is 0 Å². The smallest absolute Gasteiger partial charge is 0.406 e. The van der Waals surface area contributed by atoms with Crippen molar-refractivity contribution in [1.29, 1.82) is 0 Å². The van der Waals surface area contributed by atoms with Gasteiger partial charge in [0.25, 0.3) is 0 Å². The summed E-state index contributed by atoms with van der Waals surface area (Å²) in [5.41, 5.74) is 6.01. The third-order valence-electron chi connectivity index (χ3n) is 1.74. The molecule has 1 rings (SSSR count). The zero-order valence-electron chi connectivity index (χ0n) is 8.07. The summed E-state index contributed by atoms with van der Waals surface area (Å²) in [6, 6.07) is 4.46. The minimum Gasteiger partial charge on any atom is -0.406 e. The van der Waals surface area contributed by atoms with Gasteiger partial charge >= 0.3 is 6.36 Å². The molecule has 0 saturated carbocycles. The highest BCUT2D eigenvalue weighted by Gasteiger charge is 2.30. The Balaban J connectivity index is 0.00000225. The maximum absolute atomic E-state index is 11.8. The van der Waals surface area contributed by atoms with E-state index in [1.165, 1.54) is 12.1 Å². The van der Waals surface area contributed by atoms with Crippen molar-refractivity contribution in [2.45, 2.75) is 12.4 Å². The van der Waals surface area contributed by atoms with Crippen LogP contribution in [-0.2, 0) is 0 Å². The van der Waals surface area contributed by atoms with Crippen LogP contribution in [-0.4, -0.2) is 18.1 Å². The first-order valence-electron chi connectivity index (χ1n) is 4.14. The average molecular weight is 258 g/mol. The molecule has 3 nitrogen and oxygen atoms in total. The predicted molar refractivity (Wildman–Crippen MR) is 54.4 cm³/mol. The van der Waals surface area contributed by atoms with Crippen LogP contribution in [0.15, 0.2) is 24.3 Å². The van der Waals surface area contributed by atoms with Crippen molar-refractivity contribution in [3.63, 3.8) is 0 Å². The molecule has 0 aliphatic carbocycles. The second-order valence-electron chi connectivity index (χ2n) is 2.91. The number of hydrogen-bond donors (Lipinski definition) is 2. The van der Waals surface area contributed by atoms with Gasteiger partial charge in [-0.3, -0.25) is 0 Å². The lowest BCUT2D eigenvalue weighted by Gasteiger charge is -2.11. The number of aliphatic hydroxyl groups is 1. The monoisotopic (exact) mass is 257 g/mol. The van der Waals surface area contributed by atoms with Crippen molar-refractivity contribution < 1.29 is 23.0 Å². The summed E-state index contributed by atoms with van der Waals surface area (Å²) in [5, 5.41) is 8.71. The van der Waals surface area contributed by atoms with Gasteiger partial charge in [0.05, 0.1) is 12.6 Å². The van der Waals surface area contributed by atoms with Crippen molar-refractivity contribution in [1.82, 2.24) is 0 Å². The van der Waals surface area contributed by atoms with E-state index in [-0.39, 0.29) is 24.8 Å². The Morgan fingerprint density at radius 2 is 1.75 bits per heavy atom. The number of halogens is 4. The lowest BCUT2D eigenvalue weighted by Crippen LogP contribution is -2.17. The molecule has 1 aromatic rings. The topological polar surface area (TPSA) is 55.5 Å². The van der Waals surface area contributed by atoms with Gasteiger partial charge < -0.3 is 15.6 Å². The highest BCUT2D eigenvalue weighted by Crippen LogP contribution is 2.23. The van der Waals surface area contributed by atoms with Crippen molar-refractivity contribution >= 4 is 12.4 Å². The number of nitrogens with two attached hydrogens (primary N) is 1. The van der Waals surface area contributed by atoms with Crippen LogP contribution < -0.4 is 10.5 Å². The summed E-state index contributed by atoms with van der Waals surface area (Å²) < 4.78 is 39.0. The van der Waals surface area contributed by atoms with Crippen LogP contribution in [0.3, 0.4) is 0 Å². The molecule has 1 aromatic carbocycles. The van der Waals surface area contributed by atoms with Gasteiger partial charge in [0.1, 0.15) is 5.75 Å². The zero-order valence-corrected chi connectivity index (χ0v) is 8.89. The van der Waals surface area contributed by atoms with E-state index in [2.05, 4.69) is 4.74 Å². The third-order valence-corrected chi connectivity index (χ3v) is 1.74. The Morgan fingerprint density at radius 1 is 1.25 bits per heavy atom. The van der Waals surface area contributed by atoms with Gasteiger partial charge in [0.15, 0.2) is 0 Å². The van der Waals surface area contributed by atoms with Crippen LogP contribution >= 0.6 is 12.4 Å². The first-order chi connectivity index (χ1) is 6.92. The molecule has 92 valence electrons. The summed E-state index contributed by atoms with van der Waals surface area (Å²) >= 11 is 0. The number of rotatable bonds is 3. The van der Waals surface area contributed by atoms with Crippen molar-refractivity contribution in [2.24, 2.45) is 5.73 Å². The van der Waals surface area contributed by atoms with E-state index in [1.807, 2.05) is 0 Å². The van der Waals surface area contributed by atoms with E-state index in [0.717, 1.165) is 12.1 Å². The second-order valence-corrected chi connectivity index (χ2v) is 2.91. The molecular formula is C9H11ClF3NO2. The Labute approximate surface area is 96.4 Å². The number of benzene rings is 1. The molecule has 3 N–H and O–H groups in total.